The van der Waals surface area contributed by atoms with Gasteiger partial charge in [-0.2, -0.15) is 0 Å². The summed E-state index contributed by atoms with van der Waals surface area (Å²) < 4.78 is 50.7. The predicted molar refractivity (Wildman–Crippen MR) is 179 cm³/mol. The van der Waals surface area contributed by atoms with Gasteiger partial charge in [0.1, 0.15) is 0 Å². The van der Waals surface area contributed by atoms with Gasteiger partial charge in [-0.05, 0) is 34.1 Å². The van der Waals surface area contributed by atoms with Gasteiger partial charge in [0.25, 0.3) is 0 Å². The van der Waals surface area contributed by atoms with Gasteiger partial charge in [-0.15, -0.1) is 0 Å². The zero-order valence-corrected chi connectivity index (χ0v) is 29.8. The predicted octanol–water partition coefficient (Wildman–Crippen LogP) is 5.99. The average molecular weight is 653 g/mol. The molecule has 0 amide bonds. The summed E-state index contributed by atoms with van der Waals surface area (Å²) in [5.74, 6) is 0. The summed E-state index contributed by atoms with van der Waals surface area (Å²) in [6.45, 7) is 17.7. The molecule has 0 radical (unpaired) electrons. The number of aliphatic hydroxyl groups is 1. The fourth-order valence-corrected chi connectivity index (χ4v) is 4.34. The molecule has 4 unspecified atom stereocenters. The number of hydrogen-bond acceptors (Lipinski definition) is 10. The van der Waals surface area contributed by atoms with Crippen molar-refractivity contribution in [3.63, 3.8) is 0 Å². The Morgan fingerprint density at radius 1 is 0.356 bits per heavy atom. The van der Waals surface area contributed by atoms with E-state index >= 15 is 0 Å². The van der Waals surface area contributed by atoms with Crippen LogP contribution < -0.4 is 0 Å². The van der Waals surface area contributed by atoms with E-state index in [2.05, 4.69) is 13.8 Å². The summed E-state index contributed by atoms with van der Waals surface area (Å²) in [5, 5.41) is 8.61. The fourth-order valence-electron chi connectivity index (χ4n) is 4.34. The highest BCUT2D eigenvalue weighted by Crippen LogP contribution is 2.11. The number of aliphatic hydroxyl groups excluding tert-OH is 1. The van der Waals surface area contributed by atoms with Crippen LogP contribution in [0, 0.1) is 0 Å². The topological polar surface area (TPSA) is 103 Å². The van der Waals surface area contributed by atoms with Crippen LogP contribution in [0.4, 0.5) is 0 Å². The molecule has 0 saturated heterocycles. The van der Waals surface area contributed by atoms with E-state index in [0.29, 0.717) is 85.9 Å². The second kappa shape index (κ2) is 36.4. The van der Waals surface area contributed by atoms with Crippen molar-refractivity contribution in [2.24, 2.45) is 0 Å². The molecule has 0 aromatic rings. The van der Waals surface area contributed by atoms with Crippen LogP contribution in [-0.2, 0) is 42.6 Å². The lowest BCUT2D eigenvalue weighted by Gasteiger charge is -2.21. The van der Waals surface area contributed by atoms with Crippen LogP contribution >= 0.6 is 0 Å². The van der Waals surface area contributed by atoms with Gasteiger partial charge >= 0.3 is 0 Å². The van der Waals surface area contributed by atoms with E-state index in [1.807, 2.05) is 20.8 Å². The Labute approximate surface area is 276 Å². The largest absolute Gasteiger partial charge is 0.394 e. The molecular weight excluding hydrogens is 580 g/mol. The van der Waals surface area contributed by atoms with E-state index in [4.69, 9.17) is 47.7 Å². The van der Waals surface area contributed by atoms with Crippen molar-refractivity contribution in [2.45, 2.75) is 130 Å². The molecule has 0 saturated carbocycles. The first-order valence-corrected chi connectivity index (χ1v) is 17.9. The molecule has 0 aromatic heterocycles. The van der Waals surface area contributed by atoms with Crippen molar-refractivity contribution >= 4 is 0 Å². The molecule has 10 heteroatoms. The number of rotatable bonds is 38. The van der Waals surface area contributed by atoms with Crippen molar-refractivity contribution in [3.05, 3.63) is 0 Å². The van der Waals surface area contributed by atoms with Crippen molar-refractivity contribution < 1.29 is 47.7 Å². The van der Waals surface area contributed by atoms with Crippen molar-refractivity contribution in [3.8, 4) is 0 Å². The van der Waals surface area contributed by atoms with Gasteiger partial charge in [-0.3, -0.25) is 0 Å². The Hall–Kier alpha value is -0.400. The molecule has 0 aliphatic rings. The van der Waals surface area contributed by atoms with Gasteiger partial charge < -0.3 is 47.7 Å². The molecule has 272 valence electrons. The first kappa shape index (κ1) is 44.6. The third-order valence-corrected chi connectivity index (χ3v) is 7.07. The van der Waals surface area contributed by atoms with Gasteiger partial charge in [0.2, 0.25) is 0 Å². The van der Waals surface area contributed by atoms with Gasteiger partial charge in [0.15, 0.2) is 0 Å². The highest BCUT2D eigenvalue weighted by Gasteiger charge is 2.12. The summed E-state index contributed by atoms with van der Waals surface area (Å²) in [6, 6.07) is 0. The molecule has 0 aliphatic heterocycles. The Morgan fingerprint density at radius 2 is 0.711 bits per heavy atom. The van der Waals surface area contributed by atoms with E-state index < -0.39 is 0 Å². The maximum absolute atomic E-state index is 8.61. The highest BCUT2D eigenvalue weighted by molar-refractivity contribution is 4.57. The molecule has 0 spiro atoms. The Balaban J connectivity index is 3.47. The molecule has 10 nitrogen and oxygen atoms in total. The fraction of sp³-hybridized carbons (Fsp3) is 1.00. The molecule has 0 heterocycles. The standard InChI is InChI=1S/C35H72O10/c1-6-7-8-9-10-11-12-13-14-15-16-18-41-28-32(2)43-30-34(4)45-31-35(5)44-29-33(3)42-27-26-40-25-24-39-23-22-38-21-20-37-19-17-36/h32-36H,6-31H2,1-5H3. The van der Waals surface area contributed by atoms with Gasteiger partial charge in [0, 0.05) is 6.61 Å². The smallest absolute Gasteiger partial charge is 0.0781 e. The van der Waals surface area contributed by atoms with E-state index in [9.17, 15) is 0 Å². The van der Waals surface area contributed by atoms with Crippen LogP contribution in [0.5, 0.6) is 0 Å². The lowest BCUT2D eigenvalue weighted by molar-refractivity contribution is -0.0951. The normalized spacial score (nSPS) is 14.5. The van der Waals surface area contributed by atoms with Crippen LogP contribution in [0.3, 0.4) is 0 Å². The van der Waals surface area contributed by atoms with Crippen molar-refractivity contribution in [1.29, 1.82) is 0 Å². The highest BCUT2D eigenvalue weighted by atomic mass is 16.6. The van der Waals surface area contributed by atoms with E-state index in [1.54, 1.807) is 0 Å². The number of hydrogen-bond donors (Lipinski definition) is 1. The minimum Gasteiger partial charge on any atom is -0.394 e. The van der Waals surface area contributed by atoms with E-state index in [1.165, 1.54) is 64.2 Å². The minimum absolute atomic E-state index is 0.00976. The van der Waals surface area contributed by atoms with Crippen molar-refractivity contribution in [2.75, 3.05) is 99.1 Å². The van der Waals surface area contributed by atoms with Crippen LogP contribution in [0.25, 0.3) is 0 Å². The summed E-state index contributed by atoms with van der Waals surface area (Å²) in [4.78, 5) is 0. The Kier molecular flexibility index (Phi) is 36.1. The maximum atomic E-state index is 8.61. The first-order chi connectivity index (χ1) is 22.0. The molecule has 0 rings (SSSR count). The number of unbranched alkanes of at least 4 members (excludes halogenated alkanes) is 10. The van der Waals surface area contributed by atoms with Crippen LogP contribution in [-0.4, -0.2) is 129 Å². The molecular formula is C35H72O10. The van der Waals surface area contributed by atoms with Crippen LogP contribution in [0.2, 0.25) is 0 Å². The summed E-state index contributed by atoms with van der Waals surface area (Å²) in [7, 11) is 0. The van der Waals surface area contributed by atoms with Crippen LogP contribution in [0.1, 0.15) is 105 Å². The molecule has 0 aliphatic carbocycles. The minimum atomic E-state index is -0.0319. The zero-order chi connectivity index (χ0) is 33.1. The average Bonchev–Trinajstić information content (AvgIpc) is 3.04. The van der Waals surface area contributed by atoms with Gasteiger partial charge in [0.05, 0.1) is 117 Å². The van der Waals surface area contributed by atoms with Crippen molar-refractivity contribution in [1.82, 2.24) is 0 Å². The summed E-state index contributed by atoms with van der Waals surface area (Å²) in [6.07, 6.45) is 14.8. The SMILES string of the molecule is CCCCCCCCCCCCCOCC(C)OCC(C)OCC(C)OCC(C)OCCOCCOCCOCCOCCO. The second-order valence-electron chi connectivity index (χ2n) is 11.9. The Morgan fingerprint density at radius 3 is 1.16 bits per heavy atom. The quantitative estimate of drug-likeness (QED) is 0.0800. The molecule has 45 heavy (non-hydrogen) atoms. The lowest BCUT2D eigenvalue weighted by atomic mass is 10.1. The van der Waals surface area contributed by atoms with Gasteiger partial charge in [-0.1, -0.05) is 71.1 Å². The second-order valence-corrected chi connectivity index (χ2v) is 11.9. The molecule has 0 aromatic carbocycles. The third-order valence-electron chi connectivity index (χ3n) is 7.07. The molecule has 4 atom stereocenters. The van der Waals surface area contributed by atoms with E-state index in [0.717, 1.165) is 13.0 Å². The molecule has 1 N–H and O–H groups in total. The summed E-state index contributed by atoms with van der Waals surface area (Å²) in [5.41, 5.74) is 0. The lowest BCUT2D eigenvalue weighted by Crippen LogP contribution is -2.28. The van der Waals surface area contributed by atoms with E-state index in [-0.39, 0.29) is 31.0 Å². The summed E-state index contributed by atoms with van der Waals surface area (Å²) >= 11 is 0. The van der Waals surface area contributed by atoms with Crippen LogP contribution in [0.15, 0.2) is 0 Å². The maximum Gasteiger partial charge on any atom is 0.0781 e. The zero-order valence-electron chi connectivity index (χ0n) is 29.8. The molecule has 0 bridgehead atoms. The van der Waals surface area contributed by atoms with Gasteiger partial charge in [-0.25, -0.2) is 0 Å². The monoisotopic (exact) mass is 653 g/mol. The number of ether oxygens (including phenoxy) is 9. The first-order valence-electron chi connectivity index (χ1n) is 17.9. The Bertz CT molecular complexity index is 557. The molecule has 0 fully saturated rings. The third kappa shape index (κ3) is 36.3.